The Morgan fingerprint density at radius 3 is 2.54 bits per heavy atom. The lowest BCUT2D eigenvalue weighted by Gasteiger charge is -2.06. The highest BCUT2D eigenvalue weighted by Crippen LogP contribution is 2.21. The van der Waals surface area contributed by atoms with Crippen molar-refractivity contribution in [1.29, 1.82) is 0 Å². The van der Waals surface area contributed by atoms with Crippen LogP contribution in [-0.2, 0) is 4.74 Å². The Morgan fingerprint density at radius 2 is 1.85 bits per heavy atom. The fraction of sp³-hybridized carbons (Fsp3) is 0.250. The molecule has 134 valence electrons. The average Bonchev–Trinajstić information content (AvgIpc) is 3.12. The molecule has 0 aliphatic carbocycles. The third-order valence-electron chi connectivity index (χ3n) is 3.86. The molecule has 0 unspecified atom stereocenters. The molecule has 6 nitrogen and oxygen atoms in total. The number of ether oxygens (including phenoxy) is 1. The zero-order valence-corrected chi connectivity index (χ0v) is 15.0. The van der Waals surface area contributed by atoms with Gasteiger partial charge in [0.25, 0.3) is 5.91 Å². The largest absolute Gasteiger partial charge is 0.380 e. The van der Waals surface area contributed by atoms with Crippen molar-refractivity contribution in [2.75, 3.05) is 19.8 Å². The molecule has 1 heterocycles. The molecule has 1 N–H and O–H groups in total. The SMILES string of the molecule is CCOCCNC(=O)c1nc(-c2ccccc2)n(-c2ccc(C)cc2)n1. The topological polar surface area (TPSA) is 69.0 Å². The van der Waals surface area contributed by atoms with Crippen LogP contribution >= 0.6 is 0 Å². The fourth-order valence-electron chi connectivity index (χ4n) is 2.51. The van der Waals surface area contributed by atoms with Crippen molar-refractivity contribution in [1.82, 2.24) is 20.1 Å². The first kappa shape index (κ1) is 17.8. The Hall–Kier alpha value is -2.99. The van der Waals surface area contributed by atoms with Gasteiger partial charge in [-0.15, -0.1) is 5.10 Å². The summed E-state index contributed by atoms with van der Waals surface area (Å²) in [4.78, 5) is 16.9. The molecule has 0 aliphatic heterocycles. The predicted molar refractivity (Wildman–Crippen MR) is 100 cm³/mol. The minimum Gasteiger partial charge on any atom is -0.380 e. The standard InChI is InChI=1S/C20H22N4O2/c1-3-26-14-13-21-20(25)18-22-19(16-7-5-4-6-8-16)24(23-18)17-11-9-15(2)10-12-17/h4-12H,3,13-14H2,1-2H3,(H,21,25). The van der Waals surface area contributed by atoms with Crippen LogP contribution in [0.25, 0.3) is 17.1 Å². The zero-order chi connectivity index (χ0) is 18.4. The molecule has 0 spiro atoms. The second-order valence-electron chi connectivity index (χ2n) is 5.83. The van der Waals surface area contributed by atoms with Gasteiger partial charge in [0.15, 0.2) is 5.82 Å². The van der Waals surface area contributed by atoms with Crippen LogP contribution in [0.2, 0.25) is 0 Å². The molecule has 26 heavy (non-hydrogen) atoms. The lowest BCUT2D eigenvalue weighted by molar-refractivity contribution is 0.0912. The van der Waals surface area contributed by atoms with Crippen LogP contribution in [-0.4, -0.2) is 40.4 Å². The number of aryl methyl sites for hydroxylation is 1. The Bertz CT molecular complexity index is 857. The maximum atomic E-state index is 12.4. The molecule has 0 bridgehead atoms. The van der Waals surface area contributed by atoms with Gasteiger partial charge < -0.3 is 10.1 Å². The third kappa shape index (κ3) is 4.15. The van der Waals surface area contributed by atoms with Gasteiger partial charge in [0.05, 0.1) is 12.3 Å². The second kappa shape index (κ2) is 8.40. The van der Waals surface area contributed by atoms with Crippen LogP contribution in [0.1, 0.15) is 23.1 Å². The summed E-state index contributed by atoms with van der Waals surface area (Å²) >= 11 is 0. The number of carbonyl (C=O) groups is 1. The van der Waals surface area contributed by atoms with Crippen molar-refractivity contribution in [3.63, 3.8) is 0 Å². The Kier molecular flexibility index (Phi) is 5.76. The van der Waals surface area contributed by atoms with E-state index in [9.17, 15) is 4.79 Å². The minimum absolute atomic E-state index is 0.140. The number of hydrogen-bond donors (Lipinski definition) is 1. The summed E-state index contributed by atoms with van der Waals surface area (Å²) in [5, 5.41) is 7.22. The minimum atomic E-state index is -0.312. The lowest BCUT2D eigenvalue weighted by atomic mass is 10.2. The summed E-state index contributed by atoms with van der Waals surface area (Å²) in [6.45, 7) is 5.45. The summed E-state index contributed by atoms with van der Waals surface area (Å²) in [6, 6.07) is 17.7. The van der Waals surface area contributed by atoms with Gasteiger partial charge in [-0.1, -0.05) is 48.0 Å². The average molecular weight is 350 g/mol. The van der Waals surface area contributed by atoms with Crippen LogP contribution in [0, 0.1) is 6.92 Å². The molecule has 0 saturated heterocycles. The number of nitrogens with one attached hydrogen (secondary N) is 1. The van der Waals surface area contributed by atoms with Crippen molar-refractivity contribution < 1.29 is 9.53 Å². The molecule has 0 fully saturated rings. The second-order valence-corrected chi connectivity index (χ2v) is 5.83. The molecular weight excluding hydrogens is 328 g/mol. The molecule has 6 heteroatoms. The van der Waals surface area contributed by atoms with Gasteiger partial charge in [-0.3, -0.25) is 4.79 Å². The van der Waals surface area contributed by atoms with Gasteiger partial charge in [-0.25, -0.2) is 9.67 Å². The van der Waals surface area contributed by atoms with E-state index >= 15 is 0 Å². The number of benzene rings is 2. The van der Waals surface area contributed by atoms with Crippen LogP contribution in [0.15, 0.2) is 54.6 Å². The number of rotatable bonds is 7. The summed E-state index contributed by atoms with van der Waals surface area (Å²) in [7, 11) is 0. The number of carbonyl (C=O) groups excluding carboxylic acids is 1. The number of amides is 1. The van der Waals surface area contributed by atoms with Gasteiger partial charge in [0.1, 0.15) is 0 Å². The van der Waals surface area contributed by atoms with E-state index in [4.69, 9.17) is 4.74 Å². The maximum absolute atomic E-state index is 12.4. The predicted octanol–water partition coefficient (Wildman–Crippen LogP) is 3.01. The van der Waals surface area contributed by atoms with E-state index in [1.807, 2.05) is 68.4 Å². The first-order chi connectivity index (χ1) is 12.7. The first-order valence-corrected chi connectivity index (χ1v) is 8.64. The Balaban J connectivity index is 1.93. The third-order valence-corrected chi connectivity index (χ3v) is 3.86. The van der Waals surface area contributed by atoms with Crippen molar-refractivity contribution in [2.45, 2.75) is 13.8 Å². The summed E-state index contributed by atoms with van der Waals surface area (Å²) in [5.41, 5.74) is 2.91. The highest BCUT2D eigenvalue weighted by Gasteiger charge is 2.18. The van der Waals surface area contributed by atoms with Gasteiger partial charge in [0, 0.05) is 18.7 Å². The Labute approximate surface area is 152 Å². The molecule has 1 amide bonds. The summed E-state index contributed by atoms with van der Waals surface area (Å²) in [6.07, 6.45) is 0. The number of nitrogens with zero attached hydrogens (tertiary/aromatic N) is 3. The number of hydrogen-bond acceptors (Lipinski definition) is 4. The summed E-state index contributed by atoms with van der Waals surface area (Å²) in [5.74, 6) is 0.457. The van der Waals surface area contributed by atoms with Crippen molar-refractivity contribution in [3.8, 4) is 17.1 Å². The van der Waals surface area contributed by atoms with Crippen molar-refractivity contribution in [2.24, 2.45) is 0 Å². The van der Waals surface area contributed by atoms with Gasteiger partial charge in [-0.05, 0) is 26.0 Å². The highest BCUT2D eigenvalue weighted by atomic mass is 16.5. The molecule has 3 aromatic rings. The van der Waals surface area contributed by atoms with Crippen LogP contribution in [0.5, 0.6) is 0 Å². The van der Waals surface area contributed by atoms with E-state index in [-0.39, 0.29) is 11.7 Å². The molecule has 3 rings (SSSR count). The molecule has 0 aliphatic rings. The zero-order valence-electron chi connectivity index (χ0n) is 15.0. The maximum Gasteiger partial charge on any atom is 0.291 e. The van der Waals surface area contributed by atoms with Gasteiger partial charge in [0.2, 0.25) is 5.82 Å². The molecular formula is C20H22N4O2. The number of aromatic nitrogens is 3. The van der Waals surface area contributed by atoms with E-state index in [0.29, 0.717) is 25.6 Å². The Morgan fingerprint density at radius 1 is 1.12 bits per heavy atom. The molecule has 1 aromatic heterocycles. The van der Waals surface area contributed by atoms with E-state index in [0.717, 1.165) is 16.8 Å². The van der Waals surface area contributed by atoms with E-state index in [1.165, 1.54) is 0 Å². The quantitative estimate of drug-likeness (QED) is 0.665. The molecule has 0 saturated carbocycles. The smallest absolute Gasteiger partial charge is 0.291 e. The molecule has 0 atom stereocenters. The first-order valence-electron chi connectivity index (χ1n) is 8.64. The van der Waals surface area contributed by atoms with E-state index in [2.05, 4.69) is 15.4 Å². The van der Waals surface area contributed by atoms with Crippen LogP contribution < -0.4 is 5.32 Å². The normalized spacial score (nSPS) is 10.7. The highest BCUT2D eigenvalue weighted by molar-refractivity contribution is 5.91. The van der Waals surface area contributed by atoms with Gasteiger partial charge >= 0.3 is 0 Å². The fourth-order valence-corrected chi connectivity index (χ4v) is 2.51. The van der Waals surface area contributed by atoms with Crippen LogP contribution in [0.3, 0.4) is 0 Å². The van der Waals surface area contributed by atoms with Gasteiger partial charge in [-0.2, -0.15) is 0 Å². The van der Waals surface area contributed by atoms with Crippen LogP contribution in [0.4, 0.5) is 0 Å². The summed E-state index contributed by atoms with van der Waals surface area (Å²) < 4.78 is 6.94. The molecule has 0 radical (unpaired) electrons. The van der Waals surface area contributed by atoms with Crippen molar-refractivity contribution in [3.05, 3.63) is 66.0 Å². The monoisotopic (exact) mass is 350 g/mol. The lowest BCUT2D eigenvalue weighted by Crippen LogP contribution is -2.28. The van der Waals surface area contributed by atoms with E-state index < -0.39 is 0 Å². The van der Waals surface area contributed by atoms with E-state index in [1.54, 1.807) is 4.68 Å². The molecule has 2 aromatic carbocycles. The van der Waals surface area contributed by atoms with Crippen molar-refractivity contribution >= 4 is 5.91 Å².